The molecule has 0 spiro atoms. The molecule has 4 nitrogen and oxygen atoms in total. The number of nitrogens with one attached hydrogen (secondary N) is 1. The number of hydrogen-bond donors (Lipinski definition) is 1. The molecule has 0 aliphatic carbocycles. The Balaban J connectivity index is 1.57. The molecule has 2 heterocycles. The lowest BCUT2D eigenvalue weighted by Gasteiger charge is -2.29. The number of ether oxygens (including phenoxy) is 1. The predicted octanol–water partition coefficient (Wildman–Crippen LogP) is 2.05. The summed E-state index contributed by atoms with van der Waals surface area (Å²) in [4.78, 5) is 14.3. The maximum Gasteiger partial charge on any atom is 0.245 e. The lowest BCUT2D eigenvalue weighted by molar-refractivity contribution is -0.133. The molecule has 1 saturated heterocycles. The number of rotatable bonds is 3. The fourth-order valence-corrected chi connectivity index (χ4v) is 3.06. The van der Waals surface area contributed by atoms with Crippen LogP contribution in [0, 0.1) is 0 Å². The number of para-hydroxylation sites is 1. The first-order valence-electron chi connectivity index (χ1n) is 7.45. The van der Waals surface area contributed by atoms with Gasteiger partial charge < -0.3 is 15.0 Å². The zero-order valence-corrected chi connectivity index (χ0v) is 12.0. The summed E-state index contributed by atoms with van der Waals surface area (Å²) in [6.45, 7) is 1.53. The Bertz CT molecular complexity index is 458. The Labute approximate surface area is 120 Å². The van der Waals surface area contributed by atoms with Gasteiger partial charge in [-0.05, 0) is 30.9 Å². The van der Waals surface area contributed by atoms with Crippen LogP contribution in [0.15, 0.2) is 24.3 Å². The van der Waals surface area contributed by atoms with Crippen LogP contribution < -0.4 is 5.32 Å². The second-order valence-corrected chi connectivity index (χ2v) is 5.77. The molecule has 1 fully saturated rings. The van der Waals surface area contributed by atoms with E-state index in [4.69, 9.17) is 4.74 Å². The van der Waals surface area contributed by atoms with E-state index < -0.39 is 0 Å². The molecule has 1 aromatic rings. The van der Waals surface area contributed by atoms with Crippen LogP contribution >= 0.6 is 0 Å². The number of fused-ring (bicyclic) bond motifs is 1. The van der Waals surface area contributed by atoms with Gasteiger partial charge in [-0.3, -0.25) is 4.79 Å². The first-order chi connectivity index (χ1) is 9.74. The molecule has 108 valence electrons. The van der Waals surface area contributed by atoms with E-state index in [1.54, 1.807) is 0 Å². The van der Waals surface area contributed by atoms with Crippen LogP contribution in [0.1, 0.15) is 24.8 Å². The Morgan fingerprint density at radius 3 is 3.00 bits per heavy atom. The quantitative estimate of drug-likeness (QED) is 0.917. The summed E-state index contributed by atoms with van der Waals surface area (Å²) in [6, 6.07) is 8.01. The first kappa shape index (κ1) is 13.4. The second kappa shape index (κ2) is 5.83. The summed E-state index contributed by atoms with van der Waals surface area (Å²) in [5, 5.41) is 3.32. The number of carbonyl (C=O) groups excluding carboxylic acids is 1. The fraction of sp³-hybridized carbons (Fsp3) is 0.562. The number of amides is 1. The monoisotopic (exact) mass is 274 g/mol. The Kier molecular flexibility index (Phi) is 3.92. The molecule has 1 amide bonds. The maximum absolute atomic E-state index is 12.5. The molecule has 2 aliphatic rings. The topological polar surface area (TPSA) is 41.6 Å². The van der Waals surface area contributed by atoms with E-state index in [0.29, 0.717) is 6.54 Å². The minimum absolute atomic E-state index is 0.124. The van der Waals surface area contributed by atoms with Crippen molar-refractivity contribution in [3.8, 4) is 0 Å². The number of likely N-dealkylation sites (N-methyl/N-ethyl adjacent to an activating group) is 1. The number of anilines is 1. The molecule has 0 saturated carbocycles. The highest BCUT2D eigenvalue weighted by Crippen LogP contribution is 2.26. The average molecular weight is 274 g/mol. The predicted molar refractivity (Wildman–Crippen MR) is 78.8 cm³/mol. The van der Waals surface area contributed by atoms with Crippen molar-refractivity contribution in [2.24, 2.45) is 0 Å². The van der Waals surface area contributed by atoms with Gasteiger partial charge in [-0.2, -0.15) is 0 Å². The van der Waals surface area contributed by atoms with E-state index in [9.17, 15) is 4.79 Å². The van der Waals surface area contributed by atoms with Gasteiger partial charge in [0.1, 0.15) is 6.04 Å². The lowest BCUT2D eigenvalue weighted by atomic mass is 10.1. The SMILES string of the molecule is CN(CC1CCCCO1)C(=O)C1Cc2ccccc2N1. The van der Waals surface area contributed by atoms with Crippen LogP contribution in [0.5, 0.6) is 0 Å². The van der Waals surface area contributed by atoms with Crippen LogP contribution in [-0.2, 0) is 16.0 Å². The van der Waals surface area contributed by atoms with Crippen molar-refractivity contribution in [1.29, 1.82) is 0 Å². The second-order valence-electron chi connectivity index (χ2n) is 5.77. The van der Waals surface area contributed by atoms with Crippen LogP contribution in [-0.4, -0.2) is 43.2 Å². The van der Waals surface area contributed by atoms with Gasteiger partial charge in [-0.25, -0.2) is 0 Å². The highest BCUT2D eigenvalue weighted by molar-refractivity contribution is 5.87. The van der Waals surface area contributed by atoms with E-state index in [0.717, 1.165) is 31.6 Å². The van der Waals surface area contributed by atoms with Crippen molar-refractivity contribution in [2.45, 2.75) is 37.8 Å². The number of nitrogens with zero attached hydrogens (tertiary/aromatic N) is 1. The zero-order valence-electron chi connectivity index (χ0n) is 12.0. The number of hydrogen-bond acceptors (Lipinski definition) is 3. The van der Waals surface area contributed by atoms with Crippen molar-refractivity contribution in [1.82, 2.24) is 4.90 Å². The van der Waals surface area contributed by atoms with Crippen molar-refractivity contribution < 1.29 is 9.53 Å². The van der Waals surface area contributed by atoms with Crippen molar-refractivity contribution >= 4 is 11.6 Å². The van der Waals surface area contributed by atoms with E-state index in [1.807, 2.05) is 30.1 Å². The van der Waals surface area contributed by atoms with Crippen molar-refractivity contribution in [3.05, 3.63) is 29.8 Å². The summed E-state index contributed by atoms with van der Waals surface area (Å²) in [7, 11) is 1.88. The van der Waals surface area contributed by atoms with Gasteiger partial charge in [0.2, 0.25) is 5.91 Å². The first-order valence-corrected chi connectivity index (χ1v) is 7.45. The molecule has 1 aromatic carbocycles. The van der Waals surface area contributed by atoms with Crippen molar-refractivity contribution in [3.63, 3.8) is 0 Å². The summed E-state index contributed by atoms with van der Waals surface area (Å²) in [6.07, 6.45) is 4.41. The average Bonchev–Trinajstić information content (AvgIpc) is 2.91. The van der Waals surface area contributed by atoms with Gasteiger partial charge in [-0.15, -0.1) is 0 Å². The third-order valence-electron chi connectivity index (χ3n) is 4.20. The van der Waals surface area contributed by atoms with Crippen LogP contribution in [0.25, 0.3) is 0 Å². The van der Waals surface area contributed by atoms with Gasteiger partial charge in [0.05, 0.1) is 6.10 Å². The van der Waals surface area contributed by atoms with Gasteiger partial charge in [0.15, 0.2) is 0 Å². The molecular formula is C16H22N2O2. The lowest BCUT2D eigenvalue weighted by Crippen LogP contribution is -2.44. The van der Waals surface area contributed by atoms with Crippen LogP contribution in [0.4, 0.5) is 5.69 Å². The van der Waals surface area contributed by atoms with E-state index in [-0.39, 0.29) is 18.1 Å². The molecule has 2 unspecified atom stereocenters. The highest BCUT2D eigenvalue weighted by atomic mass is 16.5. The van der Waals surface area contributed by atoms with Gasteiger partial charge in [0, 0.05) is 32.3 Å². The molecule has 0 aromatic heterocycles. The largest absolute Gasteiger partial charge is 0.376 e. The molecule has 2 atom stereocenters. The Hall–Kier alpha value is -1.55. The molecular weight excluding hydrogens is 252 g/mol. The third-order valence-corrected chi connectivity index (χ3v) is 4.20. The molecule has 3 rings (SSSR count). The van der Waals surface area contributed by atoms with E-state index in [1.165, 1.54) is 12.0 Å². The summed E-state index contributed by atoms with van der Waals surface area (Å²) >= 11 is 0. The van der Waals surface area contributed by atoms with Gasteiger partial charge >= 0.3 is 0 Å². The fourth-order valence-electron chi connectivity index (χ4n) is 3.06. The van der Waals surface area contributed by atoms with Crippen LogP contribution in [0.3, 0.4) is 0 Å². The maximum atomic E-state index is 12.5. The normalized spacial score (nSPS) is 24.9. The number of carbonyl (C=O) groups is 1. The molecule has 1 N–H and O–H groups in total. The molecule has 4 heteroatoms. The molecule has 0 bridgehead atoms. The van der Waals surface area contributed by atoms with Crippen LogP contribution in [0.2, 0.25) is 0 Å². The molecule has 2 aliphatic heterocycles. The summed E-state index contributed by atoms with van der Waals surface area (Å²) < 4.78 is 5.71. The summed E-state index contributed by atoms with van der Waals surface area (Å²) in [5.41, 5.74) is 2.32. The number of benzene rings is 1. The highest BCUT2D eigenvalue weighted by Gasteiger charge is 2.29. The minimum atomic E-state index is -0.124. The van der Waals surface area contributed by atoms with Crippen molar-refractivity contribution in [2.75, 3.05) is 25.5 Å². The smallest absolute Gasteiger partial charge is 0.245 e. The Morgan fingerprint density at radius 2 is 2.25 bits per heavy atom. The van der Waals surface area contributed by atoms with Gasteiger partial charge in [0.25, 0.3) is 0 Å². The van der Waals surface area contributed by atoms with Gasteiger partial charge in [-0.1, -0.05) is 18.2 Å². The zero-order chi connectivity index (χ0) is 13.9. The van der Waals surface area contributed by atoms with E-state index in [2.05, 4.69) is 11.4 Å². The summed E-state index contributed by atoms with van der Waals surface area (Å²) in [5.74, 6) is 0.162. The molecule has 0 radical (unpaired) electrons. The molecule has 20 heavy (non-hydrogen) atoms. The van der Waals surface area contributed by atoms with E-state index >= 15 is 0 Å². The standard InChI is InChI=1S/C16H22N2O2/c1-18(11-13-7-4-5-9-20-13)16(19)15-10-12-6-2-3-8-14(12)17-15/h2-3,6,8,13,15,17H,4-5,7,9-11H2,1H3. The minimum Gasteiger partial charge on any atom is -0.376 e. The third kappa shape index (κ3) is 2.80. The Morgan fingerprint density at radius 1 is 1.40 bits per heavy atom.